The summed E-state index contributed by atoms with van der Waals surface area (Å²) in [6.45, 7) is 0.691. The van der Waals surface area contributed by atoms with Gasteiger partial charge in [0, 0.05) is 12.7 Å². The molecule has 0 atom stereocenters. The molecule has 0 aliphatic carbocycles. The van der Waals surface area contributed by atoms with Gasteiger partial charge >= 0.3 is 0 Å². The van der Waals surface area contributed by atoms with Crippen LogP contribution in [0.4, 0.5) is 5.82 Å². The van der Waals surface area contributed by atoms with Crippen LogP contribution in [0.25, 0.3) is 0 Å². The summed E-state index contributed by atoms with van der Waals surface area (Å²) in [4.78, 5) is 4.11. The number of pyridine rings is 1. The Kier molecular flexibility index (Phi) is 4.49. The summed E-state index contributed by atoms with van der Waals surface area (Å²) in [6, 6.07) is 15.7. The van der Waals surface area contributed by atoms with Crippen LogP contribution in [0.1, 0.15) is 5.56 Å². The smallest absolute Gasteiger partial charge is 0.185 e. The standard InChI is InChI=1S/C13H14N4S/c18-13(15-10-11-6-2-1-3-7-11)17-16-12-8-4-5-9-14-12/h1-9H,10H2,(H,14,16)(H2,15,17,18). The minimum absolute atomic E-state index is 0.532. The zero-order valence-corrected chi connectivity index (χ0v) is 10.6. The van der Waals surface area contributed by atoms with E-state index in [0.29, 0.717) is 11.7 Å². The minimum Gasteiger partial charge on any atom is -0.357 e. The van der Waals surface area contributed by atoms with Crippen LogP contribution in [-0.2, 0) is 6.54 Å². The first kappa shape index (κ1) is 12.3. The van der Waals surface area contributed by atoms with Crippen molar-refractivity contribution in [2.24, 2.45) is 0 Å². The predicted molar refractivity (Wildman–Crippen MR) is 76.9 cm³/mol. The van der Waals surface area contributed by atoms with E-state index in [4.69, 9.17) is 12.2 Å². The number of anilines is 1. The van der Waals surface area contributed by atoms with Crippen molar-refractivity contribution in [2.45, 2.75) is 6.54 Å². The van der Waals surface area contributed by atoms with Crippen LogP contribution in [0.5, 0.6) is 0 Å². The van der Waals surface area contributed by atoms with Crippen molar-refractivity contribution in [3.63, 3.8) is 0 Å². The molecule has 1 aromatic carbocycles. The summed E-state index contributed by atoms with van der Waals surface area (Å²) >= 11 is 5.14. The normalized spacial score (nSPS) is 9.56. The van der Waals surface area contributed by atoms with Gasteiger partial charge in [0.2, 0.25) is 0 Å². The number of hydrazine groups is 1. The van der Waals surface area contributed by atoms with Crippen LogP contribution in [0.3, 0.4) is 0 Å². The van der Waals surface area contributed by atoms with Crippen LogP contribution < -0.4 is 16.2 Å². The third-order valence-electron chi connectivity index (χ3n) is 2.26. The molecule has 18 heavy (non-hydrogen) atoms. The van der Waals surface area contributed by atoms with Crippen LogP contribution in [-0.4, -0.2) is 10.1 Å². The Hall–Kier alpha value is -2.14. The monoisotopic (exact) mass is 258 g/mol. The molecule has 0 saturated carbocycles. The maximum Gasteiger partial charge on any atom is 0.185 e. The van der Waals surface area contributed by atoms with Gasteiger partial charge in [0.15, 0.2) is 5.11 Å². The average molecular weight is 258 g/mol. The number of aromatic nitrogens is 1. The molecule has 0 amide bonds. The van der Waals surface area contributed by atoms with Gasteiger partial charge in [0.1, 0.15) is 5.82 Å². The molecule has 1 aromatic heterocycles. The van der Waals surface area contributed by atoms with Crippen molar-refractivity contribution >= 4 is 23.1 Å². The summed E-state index contributed by atoms with van der Waals surface area (Å²) in [5.74, 6) is 0.723. The van der Waals surface area contributed by atoms with E-state index in [-0.39, 0.29) is 0 Å². The molecule has 0 bridgehead atoms. The van der Waals surface area contributed by atoms with Crippen molar-refractivity contribution in [3.05, 3.63) is 60.3 Å². The highest BCUT2D eigenvalue weighted by molar-refractivity contribution is 7.80. The first-order valence-electron chi connectivity index (χ1n) is 5.59. The lowest BCUT2D eigenvalue weighted by molar-refractivity contribution is 0.883. The van der Waals surface area contributed by atoms with Gasteiger partial charge in [-0.15, -0.1) is 0 Å². The second-order valence-electron chi connectivity index (χ2n) is 3.63. The zero-order valence-electron chi connectivity index (χ0n) is 9.76. The van der Waals surface area contributed by atoms with Crippen molar-refractivity contribution in [3.8, 4) is 0 Å². The number of thiocarbonyl (C=S) groups is 1. The topological polar surface area (TPSA) is 49.0 Å². The van der Waals surface area contributed by atoms with E-state index in [1.54, 1.807) is 6.20 Å². The lowest BCUT2D eigenvalue weighted by atomic mass is 10.2. The number of nitrogens with one attached hydrogen (secondary N) is 3. The molecule has 5 heteroatoms. The molecular formula is C13H14N4S. The Morgan fingerprint density at radius 1 is 1.06 bits per heavy atom. The van der Waals surface area contributed by atoms with E-state index in [1.807, 2.05) is 48.5 Å². The Morgan fingerprint density at radius 3 is 2.56 bits per heavy atom. The fourth-order valence-electron chi connectivity index (χ4n) is 1.38. The van der Waals surface area contributed by atoms with Crippen molar-refractivity contribution in [1.29, 1.82) is 0 Å². The number of hydrogen-bond acceptors (Lipinski definition) is 3. The highest BCUT2D eigenvalue weighted by Crippen LogP contribution is 1.98. The van der Waals surface area contributed by atoms with E-state index < -0.39 is 0 Å². The largest absolute Gasteiger partial charge is 0.357 e. The minimum atomic E-state index is 0.532. The maximum absolute atomic E-state index is 5.14. The van der Waals surface area contributed by atoms with Crippen molar-refractivity contribution < 1.29 is 0 Å². The number of benzene rings is 1. The van der Waals surface area contributed by atoms with Crippen LogP contribution in [0.2, 0.25) is 0 Å². The van der Waals surface area contributed by atoms with Gasteiger partial charge in [-0.2, -0.15) is 0 Å². The van der Waals surface area contributed by atoms with Gasteiger partial charge in [-0.25, -0.2) is 4.98 Å². The fraction of sp³-hybridized carbons (Fsp3) is 0.0769. The highest BCUT2D eigenvalue weighted by Gasteiger charge is 1.96. The van der Waals surface area contributed by atoms with Gasteiger partial charge in [0.25, 0.3) is 0 Å². The number of nitrogens with zero attached hydrogens (tertiary/aromatic N) is 1. The summed E-state index contributed by atoms with van der Waals surface area (Å²) in [5.41, 5.74) is 6.97. The fourth-order valence-corrected chi connectivity index (χ4v) is 1.50. The molecule has 1 heterocycles. The molecular weight excluding hydrogens is 244 g/mol. The lowest BCUT2D eigenvalue weighted by Gasteiger charge is -2.11. The molecule has 2 aromatic rings. The quantitative estimate of drug-likeness (QED) is 0.579. The zero-order chi connectivity index (χ0) is 12.6. The van der Waals surface area contributed by atoms with E-state index in [9.17, 15) is 0 Å². The molecule has 3 N–H and O–H groups in total. The molecule has 0 aliphatic rings. The molecule has 0 radical (unpaired) electrons. The Labute approximate surface area is 111 Å². The van der Waals surface area contributed by atoms with Crippen molar-refractivity contribution in [2.75, 3.05) is 5.43 Å². The number of hydrogen-bond donors (Lipinski definition) is 3. The Bertz CT molecular complexity index is 441. The van der Waals surface area contributed by atoms with Gasteiger partial charge in [-0.05, 0) is 29.9 Å². The second-order valence-corrected chi connectivity index (χ2v) is 4.04. The SMILES string of the molecule is S=C(NCc1ccccc1)NNc1ccccn1. The predicted octanol–water partition coefficient (Wildman–Crippen LogP) is 2.07. The summed E-state index contributed by atoms with van der Waals surface area (Å²) in [6.07, 6.45) is 1.71. The van der Waals surface area contributed by atoms with Gasteiger partial charge in [0.05, 0.1) is 0 Å². The maximum atomic E-state index is 5.14. The lowest BCUT2D eigenvalue weighted by Crippen LogP contribution is -2.38. The number of rotatable bonds is 4. The van der Waals surface area contributed by atoms with E-state index in [2.05, 4.69) is 21.2 Å². The van der Waals surface area contributed by atoms with E-state index in [0.717, 1.165) is 5.82 Å². The summed E-state index contributed by atoms with van der Waals surface area (Å²) < 4.78 is 0. The van der Waals surface area contributed by atoms with Crippen LogP contribution >= 0.6 is 12.2 Å². The first-order valence-corrected chi connectivity index (χ1v) is 6.00. The van der Waals surface area contributed by atoms with Gasteiger partial charge in [-0.3, -0.25) is 10.9 Å². The van der Waals surface area contributed by atoms with Crippen molar-refractivity contribution in [1.82, 2.24) is 15.7 Å². The molecule has 4 nitrogen and oxygen atoms in total. The Morgan fingerprint density at radius 2 is 1.83 bits per heavy atom. The van der Waals surface area contributed by atoms with Crippen LogP contribution in [0.15, 0.2) is 54.7 Å². The molecule has 0 spiro atoms. The molecule has 0 saturated heterocycles. The summed E-state index contributed by atoms with van der Waals surface area (Å²) in [7, 11) is 0. The highest BCUT2D eigenvalue weighted by atomic mass is 32.1. The molecule has 0 aliphatic heterocycles. The summed E-state index contributed by atoms with van der Waals surface area (Å²) in [5, 5.41) is 3.63. The molecule has 2 rings (SSSR count). The molecule has 0 unspecified atom stereocenters. The second kappa shape index (κ2) is 6.56. The third kappa shape index (κ3) is 4.03. The van der Waals surface area contributed by atoms with E-state index >= 15 is 0 Å². The van der Waals surface area contributed by atoms with E-state index in [1.165, 1.54) is 5.56 Å². The van der Waals surface area contributed by atoms with Gasteiger partial charge < -0.3 is 5.32 Å². The first-order chi connectivity index (χ1) is 8.84. The average Bonchev–Trinajstić information content (AvgIpc) is 2.45. The van der Waals surface area contributed by atoms with Crippen LogP contribution in [0, 0.1) is 0 Å². The molecule has 92 valence electrons. The molecule has 0 fully saturated rings. The van der Waals surface area contributed by atoms with Gasteiger partial charge in [-0.1, -0.05) is 36.4 Å². The third-order valence-corrected chi connectivity index (χ3v) is 2.51. The Balaban J connectivity index is 1.73.